The molecule has 1 saturated carbocycles. The number of nitrogens with one attached hydrogen (secondary N) is 1. The first-order valence-electron chi connectivity index (χ1n) is 6.82. The zero-order chi connectivity index (χ0) is 12.8. The van der Waals surface area contributed by atoms with Crippen molar-refractivity contribution in [2.24, 2.45) is 0 Å². The molecule has 0 heterocycles. The van der Waals surface area contributed by atoms with Crippen molar-refractivity contribution < 1.29 is 9.47 Å². The van der Waals surface area contributed by atoms with E-state index in [-0.39, 0.29) is 0 Å². The van der Waals surface area contributed by atoms with Crippen LogP contribution in [0.2, 0.25) is 0 Å². The lowest BCUT2D eigenvalue weighted by molar-refractivity contribution is 0.355. The fourth-order valence-corrected chi connectivity index (χ4v) is 2.59. The monoisotopic (exact) mass is 249 g/mol. The standard InChI is InChI=1S/C15H23NO2/c1-17-14-10-9-13(11-15(14)18-2)16-12-7-5-3-4-6-8-12/h9-12,16H,3-8H2,1-2H3. The summed E-state index contributed by atoms with van der Waals surface area (Å²) in [6.45, 7) is 0. The molecule has 0 radical (unpaired) electrons. The van der Waals surface area contributed by atoms with Crippen molar-refractivity contribution in [3.8, 4) is 11.5 Å². The normalized spacial score (nSPS) is 17.0. The number of anilines is 1. The summed E-state index contributed by atoms with van der Waals surface area (Å²) in [6.07, 6.45) is 7.98. The molecule has 0 amide bonds. The highest BCUT2D eigenvalue weighted by Crippen LogP contribution is 2.31. The zero-order valence-corrected chi connectivity index (χ0v) is 11.4. The average molecular weight is 249 g/mol. The van der Waals surface area contributed by atoms with Gasteiger partial charge in [0.2, 0.25) is 0 Å². The predicted octanol–water partition coefficient (Wildman–Crippen LogP) is 3.84. The van der Waals surface area contributed by atoms with E-state index in [0.29, 0.717) is 6.04 Å². The molecule has 0 atom stereocenters. The predicted molar refractivity (Wildman–Crippen MR) is 74.7 cm³/mol. The molecular formula is C15H23NO2. The van der Waals surface area contributed by atoms with E-state index in [9.17, 15) is 0 Å². The molecule has 1 aromatic rings. The van der Waals surface area contributed by atoms with E-state index in [0.717, 1.165) is 17.2 Å². The van der Waals surface area contributed by atoms with Crippen molar-refractivity contribution in [2.75, 3.05) is 19.5 Å². The number of ether oxygens (including phenoxy) is 2. The Balaban J connectivity index is 2.03. The molecule has 0 unspecified atom stereocenters. The van der Waals surface area contributed by atoms with Crippen LogP contribution < -0.4 is 14.8 Å². The van der Waals surface area contributed by atoms with E-state index in [1.165, 1.54) is 38.5 Å². The quantitative estimate of drug-likeness (QED) is 0.822. The van der Waals surface area contributed by atoms with Crippen molar-refractivity contribution in [1.29, 1.82) is 0 Å². The topological polar surface area (TPSA) is 30.5 Å². The van der Waals surface area contributed by atoms with Gasteiger partial charge in [-0.15, -0.1) is 0 Å². The molecule has 2 rings (SSSR count). The molecule has 0 aromatic heterocycles. The second kappa shape index (κ2) is 6.53. The van der Waals surface area contributed by atoms with E-state index < -0.39 is 0 Å². The van der Waals surface area contributed by atoms with Crippen LogP contribution in [0.4, 0.5) is 5.69 Å². The van der Waals surface area contributed by atoms with Crippen molar-refractivity contribution >= 4 is 5.69 Å². The van der Waals surface area contributed by atoms with Gasteiger partial charge in [-0.3, -0.25) is 0 Å². The van der Waals surface area contributed by atoms with Gasteiger partial charge in [-0.05, 0) is 25.0 Å². The van der Waals surface area contributed by atoms with Crippen LogP contribution >= 0.6 is 0 Å². The second-order valence-corrected chi connectivity index (χ2v) is 4.90. The van der Waals surface area contributed by atoms with Gasteiger partial charge >= 0.3 is 0 Å². The molecule has 0 spiro atoms. The van der Waals surface area contributed by atoms with Crippen molar-refractivity contribution in [2.45, 2.75) is 44.6 Å². The maximum Gasteiger partial charge on any atom is 0.162 e. The SMILES string of the molecule is COc1ccc(NC2CCCCCC2)cc1OC. The lowest BCUT2D eigenvalue weighted by atomic mass is 10.1. The summed E-state index contributed by atoms with van der Waals surface area (Å²) in [5.74, 6) is 1.57. The van der Waals surface area contributed by atoms with Gasteiger partial charge in [0.15, 0.2) is 11.5 Å². The third kappa shape index (κ3) is 3.31. The molecule has 1 aliphatic carbocycles. The molecule has 1 fully saturated rings. The highest BCUT2D eigenvalue weighted by atomic mass is 16.5. The highest BCUT2D eigenvalue weighted by Gasteiger charge is 2.13. The molecule has 1 N–H and O–H groups in total. The first kappa shape index (κ1) is 13.1. The lowest BCUT2D eigenvalue weighted by Crippen LogP contribution is -2.18. The molecule has 0 aliphatic heterocycles. The van der Waals surface area contributed by atoms with E-state index >= 15 is 0 Å². The number of hydrogen-bond donors (Lipinski definition) is 1. The molecule has 1 aliphatic rings. The Morgan fingerprint density at radius 1 is 0.944 bits per heavy atom. The third-order valence-corrected chi connectivity index (χ3v) is 3.61. The van der Waals surface area contributed by atoms with E-state index in [1.54, 1.807) is 14.2 Å². The first-order valence-corrected chi connectivity index (χ1v) is 6.82. The van der Waals surface area contributed by atoms with Gasteiger partial charge in [0.1, 0.15) is 0 Å². The fraction of sp³-hybridized carbons (Fsp3) is 0.600. The van der Waals surface area contributed by atoms with Gasteiger partial charge in [0.05, 0.1) is 14.2 Å². The van der Waals surface area contributed by atoms with Crippen LogP contribution in [0.3, 0.4) is 0 Å². The number of benzene rings is 1. The Morgan fingerprint density at radius 2 is 1.61 bits per heavy atom. The molecular weight excluding hydrogens is 226 g/mol. The maximum absolute atomic E-state index is 5.33. The third-order valence-electron chi connectivity index (χ3n) is 3.61. The van der Waals surface area contributed by atoms with E-state index in [4.69, 9.17) is 9.47 Å². The summed E-state index contributed by atoms with van der Waals surface area (Å²) in [5, 5.41) is 3.61. The molecule has 1 aromatic carbocycles. The summed E-state index contributed by atoms with van der Waals surface area (Å²) in [6, 6.07) is 6.64. The Bertz CT molecular complexity index is 371. The van der Waals surface area contributed by atoms with Gasteiger partial charge in [-0.2, -0.15) is 0 Å². The number of methoxy groups -OCH3 is 2. The van der Waals surface area contributed by atoms with Crippen molar-refractivity contribution in [3.05, 3.63) is 18.2 Å². The van der Waals surface area contributed by atoms with Crippen molar-refractivity contribution in [3.63, 3.8) is 0 Å². The average Bonchev–Trinajstić information content (AvgIpc) is 2.67. The van der Waals surface area contributed by atoms with E-state index in [1.807, 2.05) is 12.1 Å². The Labute approximate surface area is 109 Å². The van der Waals surface area contributed by atoms with Gasteiger partial charge in [-0.1, -0.05) is 25.7 Å². The lowest BCUT2D eigenvalue weighted by Gasteiger charge is -2.18. The Hall–Kier alpha value is -1.38. The summed E-state index contributed by atoms with van der Waals surface area (Å²) in [5.41, 5.74) is 1.12. The fourth-order valence-electron chi connectivity index (χ4n) is 2.59. The van der Waals surface area contributed by atoms with Gasteiger partial charge < -0.3 is 14.8 Å². The largest absolute Gasteiger partial charge is 0.493 e. The van der Waals surface area contributed by atoms with Crippen LogP contribution in [0, 0.1) is 0 Å². The van der Waals surface area contributed by atoms with Crippen molar-refractivity contribution in [1.82, 2.24) is 0 Å². The van der Waals surface area contributed by atoms with Crippen LogP contribution in [0.5, 0.6) is 11.5 Å². The summed E-state index contributed by atoms with van der Waals surface area (Å²) in [7, 11) is 3.34. The summed E-state index contributed by atoms with van der Waals surface area (Å²) in [4.78, 5) is 0. The molecule has 18 heavy (non-hydrogen) atoms. The van der Waals surface area contributed by atoms with Crippen LogP contribution in [0.1, 0.15) is 38.5 Å². The second-order valence-electron chi connectivity index (χ2n) is 4.90. The highest BCUT2D eigenvalue weighted by molar-refractivity contribution is 5.55. The first-order chi connectivity index (χ1) is 8.83. The molecule has 3 nitrogen and oxygen atoms in total. The van der Waals surface area contributed by atoms with Gasteiger partial charge in [0.25, 0.3) is 0 Å². The molecule has 3 heteroatoms. The maximum atomic E-state index is 5.33. The smallest absolute Gasteiger partial charge is 0.162 e. The minimum absolute atomic E-state index is 0.602. The molecule has 0 bridgehead atoms. The Morgan fingerprint density at radius 3 is 2.22 bits per heavy atom. The summed E-state index contributed by atoms with van der Waals surface area (Å²) < 4.78 is 10.6. The number of hydrogen-bond acceptors (Lipinski definition) is 3. The van der Waals surface area contributed by atoms with Crippen LogP contribution in [-0.4, -0.2) is 20.3 Å². The van der Waals surface area contributed by atoms with E-state index in [2.05, 4.69) is 11.4 Å². The van der Waals surface area contributed by atoms with Crippen LogP contribution in [0.25, 0.3) is 0 Å². The Kier molecular flexibility index (Phi) is 4.73. The number of rotatable bonds is 4. The summed E-state index contributed by atoms with van der Waals surface area (Å²) >= 11 is 0. The zero-order valence-electron chi connectivity index (χ0n) is 11.4. The van der Waals surface area contributed by atoms with Crippen LogP contribution in [0.15, 0.2) is 18.2 Å². The minimum Gasteiger partial charge on any atom is -0.493 e. The molecule has 100 valence electrons. The molecule has 0 saturated heterocycles. The van der Waals surface area contributed by atoms with Gasteiger partial charge in [0, 0.05) is 17.8 Å². The van der Waals surface area contributed by atoms with Crippen LogP contribution in [-0.2, 0) is 0 Å². The van der Waals surface area contributed by atoms with Gasteiger partial charge in [-0.25, -0.2) is 0 Å². The minimum atomic E-state index is 0.602.